The van der Waals surface area contributed by atoms with Gasteiger partial charge in [-0.3, -0.25) is 0 Å². The van der Waals surface area contributed by atoms with Gasteiger partial charge in [0.1, 0.15) is 0 Å². The fourth-order valence-corrected chi connectivity index (χ4v) is 1.18. The van der Waals surface area contributed by atoms with Gasteiger partial charge in [-0.15, -0.1) is 0 Å². The quantitative estimate of drug-likeness (QED) is 0.605. The minimum Gasteiger partial charge on any atom is -0.248 e. The van der Waals surface area contributed by atoms with E-state index < -0.39 is 15.2 Å². The van der Waals surface area contributed by atoms with Crippen molar-refractivity contribution in [1.82, 2.24) is 0 Å². The van der Waals surface area contributed by atoms with Crippen LogP contribution in [0.3, 0.4) is 0 Å². The Balaban J connectivity index is 3.53. The zero-order chi connectivity index (χ0) is 7.49. The molecular formula is C4H8ClFO2S. The Kier molecular flexibility index (Phi) is 3.43. The van der Waals surface area contributed by atoms with Crippen LogP contribution in [0.25, 0.3) is 0 Å². The third-order valence-electron chi connectivity index (χ3n) is 0.759. The van der Waals surface area contributed by atoms with Gasteiger partial charge in [0.2, 0.25) is 9.05 Å². The van der Waals surface area contributed by atoms with E-state index in [0.717, 1.165) is 0 Å². The molecule has 0 rings (SSSR count). The molecule has 0 aliphatic heterocycles. The van der Waals surface area contributed by atoms with Crippen LogP contribution < -0.4 is 0 Å². The molecule has 0 amide bonds. The van der Waals surface area contributed by atoms with Gasteiger partial charge in [0, 0.05) is 10.7 Å². The van der Waals surface area contributed by atoms with E-state index in [2.05, 4.69) is 0 Å². The fraction of sp³-hybridized carbons (Fsp3) is 1.00. The minimum absolute atomic E-state index is 0.0220. The van der Waals surface area contributed by atoms with Gasteiger partial charge in [0.25, 0.3) is 0 Å². The van der Waals surface area contributed by atoms with E-state index in [4.69, 9.17) is 10.7 Å². The Hall–Kier alpha value is 0.170. The summed E-state index contributed by atoms with van der Waals surface area (Å²) < 4.78 is 32.2. The Bertz CT molecular complexity index is 163. The Morgan fingerprint density at radius 2 is 2.11 bits per heavy atom. The predicted molar refractivity (Wildman–Crippen MR) is 34.8 cm³/mol. The largest absolute Gasteiger partial charge is 0.248 e. The third kappa shape index (κ3) is 8.17. The molecule has 1 atom stereocenters. The Labute approximate surface area is 58.4 Å². The van der Waals surface area contributed by atoms with Gasteiger partial charge in [-0.05, 0) is 13.3 Å². The molecule has 9 heavy (non-hydrogen) atoms. The standard InChI is InChI=1S/C4H8ClFO2S/c1-4(6)2-3-9(5,7)8/h4H,2-3H2,1H3. The Morgan fingerprint density at radius 1 is 1.67 bits per heavy atom. The highest BCUT2D eigenvalue weighted by molar-refractivity contribution is 8.13. The maximum absolute atomic E-state index is 11.9. The first-order valence-electron chi connectivity index (χ1n) is 2.48. The highest BCUT2D eigenvalue weighted by Crippen LogP contribution is 2.03. The smallest absolute Gasteiger partial charge is 0.232 e. The summed E-state index contributed by atoms with van der Waals surface area (Å²) in [7, 11) is 1.30. The molecule has 0 fully saturated rings. The molecule has 0 heterocycles. The SMILES string of the molecule is CC(F)CCS(=O)(=O)Cl. The van der Waals surface area contributed by atoms with E-state index >= 15 is 0 Å². The van der Waals surface area contributed by atoms with Gasteiger partial charge in [0.15, 0.2) is 0 Å². The Morgan fingerprint density at radius 3 is 2.22 bits per heavy atom. The summed E-state index contributed by atoms with van der Waals surface area (Å²) >= 11 is 0. The molecule has 0 aromatic rings. The molecule has 1 unspecified atom stereocenters. The summed E-state index contributed by atoms with van der Waals surface area (Å²) in [5.74, 6) is -0.285. The molecule has 0 bridgehead atoms. The lowest BCUT2D eigenvalue weighted by atomic mass is 10.3. The van der Waals surface area contributed by atoms with Crippen LogP contribution in [0.4, 0.5) is 4.39 Å². The van der Waals surface area contributed by atoms with E-state index in [9.17, 15) is 12.8 Å². The molecule has 0 saturated heterocycles. The molecule has 0 N–H and O–H groups in total. The predicted octanol–water partition coefficient (Wildman–Crippen LogP) is 1.30. The van der Waals surface area contributed by atoms with E-state index in [-0.39, 0.29) is 12.2 Å². The molecule has 0 radical (unpaired) electrons. The second kappa shape index (κ2) is 3.37. The second-order valence-electron chi connectivity index (χ2n) is 1.81. The summed E-state index contributed by atoms with van der Waals surface area (Å²) in [4.78, 5) is 0. The van der Waals surface area contributed by atoms with Gasteiger partial charge >= 0.3 is 0 Å². The van der Waals surface area contributed by atoms with E-state index in [1.165, 1.54) is 6.92 Å². The van der Waals surface area contributed by atoms with Crippen LogP contribution in [-0.2, 0) is 9.05 Å². The number of hydrogen-bond acceptors (Lipinski definition) is 2. The van der Waals surface area contributed by atoms with Crippen LogP contribution in [0.5, 0.6) is 0 Å². The van der Waals surface area contributed by atoms with Crippen molar-refractivity contribution in [3.8, 4) is 0 Å². The molecule has 2 nitrogen and oxygen atoms in total. The number of hydrogen-bond donors (Lipinski definition) is 0. The lowest BCUT2D eigenvalue weighted by molar-refractivity contribution is 0.353. The third-order valence-corrected chi connectivity index (χ3v) is 1.95. The maximum atomic E-state index is 11.9. The van der Waals surface area contributed by atoms with Gasteiger partial charge in [0.05, 0.1) is 11.9 Å². The molecule has 0 saturated carbocycles. The van der Waals surface area contributed by atoms with Crippen LogP contribution >= 0.6 is 10.7 Å². The lowest BCUT2D eigenvalue weighted by Gasteiger charge is -1.95. The topological polar surface area (TPSA) is 34.1 Å². The first-order valence-corrected chi connectivity index (χ1v) is 4.96. The average molecular weight is 175 g/mol. The zero-order valence-electron chi connectivity index (χ0n) is 4.97. The van der Waals surface area contributed by atoms with Gasteiger partial charge in [-0.2, -0.15) is 0 Å². The molecule has 0 aliphatic carbocycles. The summed E-state index contributed by atoms with van der Waals surface area (Å²) in [6, 6.07) is 0. The van der Waals surface area contributed by atoms with Crippen molar-refractivity contribution in [3.63, 3.8) is 0 Å². The molecular weight excluding hydrogens is 167 g/mol. The van der Waals surface area contributed by atoms with Crippen LogP contribution in [0.2, 0.25) is 0 Å². The van der Waals surface area contributed by atoms with Gasteiger partial charge < -0.3 is 0 Å². The average Bonchev–Trinajstić information content (AvgIpc) is 1.59. The number of halogens is 2. The molecule has 0 spiro atoms. The first kappa shape index (κ1) is 9.17. The lowest BCUT2D eigenvalue weighted by Crippen LogP contribution is -2.03. The zero-order valence-corrected chi connectivity index (χ0v) is 6.54. The molecule has 5 heteroatoms. The van der Waals surface area contributed by atoms with Crippen molar-refractivity contribution in [1.29, 1.82) is 0 Å². The monoisotopic (exact) mass is 174 g/mol. The fourth-order valence-electron chi connectivity index (χ4n) is 0.303. The van der Waals surface area contributed by atoms with Crippen molar-refractivity contribution >= 4 is 19.7 Å². The van der Waals surface area contributed by atoms with E-state index in [1.807, 2.05) is 0 Å². The number of rotatable bonds is 3. The normalized spacial score (nSPS) is 15.4. The minimum atomic E-state index is -3.49. The molecule has 0 aromatic heterocycles. The second-order valence-corrected chi connectivity index (χ2v) is 4.71. The van der Waals surface area contributed by atoms with Crippen molar-refractivity contribution in [3.05, 3.63) is 0 Å². The maximum Gasteiger partial charge on any atom is 0.232 e. The molecule has 0 aromatic carbocycles. The highest BCUT2D eigenvalue weighted by atomic mass is 35.7. The van der Waals surface area contributed by atoms with Gasteiger partial charge in [-0.25, -0.2) is 12.8 Å². The van der Waals surface area contributed by atoms with Crippen LogP contribution in [0.1, 0.15) is 13.3 Å². The van der Waals surface area contributed by atoms with Crippen molar-refractivity contribution in [2.45, 2.75) is 19.5 Å². The van der Waals surface area contributed by atoms with Crippen molar-refractivity contribution < 1.29 is 12.8 Å². The summed E-state index contributed by atoms with van der Waals surface area (Å²) in [6.07, 6.45) is -1.12. The summed E-state index contributed by atoms with van der Waals surface area (Å²) in [5.41, 5.74) is 0. The van der Waals surface area contributed by atoms with Crippen LogP contribution in [-0.4, -0.2) is 20.3 Å². The van der Waals surface area contributed by atoms with Crippen LogP contribution in [0, 0.1) is 0 Å². The van der Waals surface area contributed by atoms with Crippen LogP contribution in [0.15, 0.2) is 0 Å². The molecule has 56 valence electrons. The number of alkyl halides is 1. The summed E-state index contributed by atoms with van der Waals surface area (Å²) in [5, 5.41) is 0. The molecule has 0 aliphatic rings. The highest BCUT2D eigenvalue weighted by Gasteiger charge is 2.07. The van der Waals surface area contributed by atoms with Gasteiger partial charge in [-0.1, -0.05) is 0 Å². The summed E-state index contributed by atoms with van der Waals surface area (Å²) in [6.45, 7) is 1.29. The first-order chi connectivity index (χ1) is 3.92. The van der Waals surface area contributed by atoms with Crippen molar-refractivity contribution in [2.75, 3.05) is 5.75 Å². The van der Waals surface area contributed by atoms with E-state index in [1.54, 1.807) is 0 Å². The van der Waals surface area contributed by atoms with Crippen molar-refractivity contribution in [2.24, 2.45) is 0 Å². The van der Waals surface area contributed by atoms with E-state index in [0.29, 0.717) is 0 Å².